The molecule has 1 aliphatic carbocycles. The molecule has 0 bridgehead atoms. The molecule has 1 unspecified atom stereocenters. The maximum absolute atomic E-state index is 6.04. The molecule has 1 saturated carbocycles. The summed E-state index contributed by atoms with van der Waals surface area (Å²) >= 11 is 1.72. The summed E-state index contributed by atoms with van der Waals surface area (Å²) in [6.45, 7) is 3.35. The lowest BCUT2D eigenvalue weighted by Gasteiger charge is -2.25. The summed E-state index contributed by atoms with van der Waals surface area (Å²) in [4.78, 5) is 5.99. The number of nitrogens with zero attached hydrogens (tertiary/aromatic N) is 7. The maximum atomic E-state index is 6.04. The molecule has 5 aromatic rings. The number of aromatic nitrogens is 7. The molecular formula is C29H34N8OS. The first kappa shape index (κ1) is 24.8. The predicted octanol–water partition coefficient (Wildman–Crippen LogP) is 5.30. The molecule has 0 radical (unpaired) electrons. The van der Waals surface area contributed by atoms with E-state index in [1.807, 2.05) is 21.8 Å². The molecule has 39 heavy (non-hydrogen) atoms. The number of fused-ring (bicyclic) bond motifs is 2. The zero-order valence-electron chi connectivity index (χ0n) is 22.3. The average Bonchev–Trinajstić information content (AvgIpc) is 3.68. The minimum absolute atomic E-state index is 0.00835. The number of nitrogens with one attached hydrogen (secondary N) is 1. The fraction of sp³-hybridized carbons (Fsp3) is 0.448. The van der Waals surface area contributed by atoms with Crippen molar-refractivity contribution in [2.75, 3.05) is 19.4 Å². The fourth-order valence-corrected chi connectivity index (χ4v) is 6.11. The molecule has 0 spiro atoms. The van der Waals surface area contributed by atoms with Crippen molar-refractivity contribution in [3.63, 3.8) is 0 Å². The Balaban J connectivity index is 1.11. The van der Waals surface area contributed by atoms with Crippen LogP contribution in [0.3, 0.4) is 0 Å². The fourth-order valence-electron chi connectivity index (χ4n) is 5.65. The van der Waals surface area contributed by atoms with Gasteiger partial charge in [0.25, 0.3) is 0 Å². The van der Waals surface area contributed by atoms with E-state index >= 15 is 0 Å². The lowest BCUT2D eigenvalue weighted by molar-refractivity contribution is -0.0366. The number of rotatable bonds is 9. The van der Waals surface area contributed by atoms with Gasteiger partial charge in [-0.05, 0) is 74.6 Å². The Morgan fingerprint density at radius 1 is 1.08 bits per heavy atom. The van der Waals surface area contributed by atoms with Gasteiger partial charge < -0.3 is 14.5 Å². The second kappa shape index (κ2) is 10.7. The van der Waals surface area contributed by atoms with Gasteiger partial charge >= 0.3 is 0 Å². The minimum Gasteiger partial charge on any atom is -0.356 e. The van der Waals surface area contributed by atoms with E-state index in [-0.39, 0.29) is 6.23 Å². The summed E-state index contributed by atoms with van der Waals surface area (Å²) in [6.07, 6.45) is 17.7. The van der Waals surface area contributed by atoms with Gasteiger partial charge in [0.2, 0.25) is 0 Å². The first-order chi connectivity index (χ1) is 19.2. The molecule has 1 aliphatic heterocycles. The van der Waals surface area contributed by atoms with Gasteiger partial charge in [0, 0.05) is 41.4 Å². The van der Waals surface area contributed by atoms with Crippen molar-refractivity contribution in [1.29, 1.82) is 0 Å². The maximum Gasteiger partial charge on any atom is 0.150 e. The van der Waals surface area contributed by atoms with Crippen molar-refractivity contribution in [2.45, 2.75) is 62.7 Å². The Hall–Kier alpha value is -3.21. The molecular weight excluding hydrogens is 508 g/mol. The van der Waals surface area contributed by atoms with Crippen LogP contribution in [-0.4, -0.2) is 53.6 Å². The van der Waals surface area contributed by atoms with Crippen LogP contribution in [0.4, 0.5) is 0 Å². The summed E-state index contributed by atoms with van der Waals surface area (Å²) in [7, 11) is 0. The van der Waals surface area contributed by atoms with Crippen LogP contribution in [0.2, 0.25) is 0 Å². The quantitative estimate of drug-likeness (QED) is 0.253. The predicted molar refractivity (Wildman–Crippen MR) is 153 cm³/mol. The Kier molecular flexibility index (Phi) is 6.84. The van der Waals surface area contributed by atoms with E-state index in [1.54, 1.807) is 11.8 Å². The van der Waals surface area contributed by atoms with Crippen LogP contribution in [-0.2, 0) is 17.8 Å². The number of ether oxygens (including phenoxy) is 1. The highest BCUT2D eigenvalue weighted by Crippen LogP contribution is 2.35. The topological polar surface area (TPSA) is 87.1 Å². The van der Waals surface area contributed by atoms with Gasteiger partial charge in [0.05, 0.1) is 30.1 Å². The highest BCUT2D eigenvalue weighted by molar-refractivity contribution is 7.98. The van der Waals surface area contributed by atoms with Crippen molar-refractivity contribution >= 4 is 28.3 Å². The standard InChI is InChI=1S/C29H34N8OS/c1-39-23-11-24(25-15-31-37(27(25)12-23)29-7-2-3-10-38-29)26-19-36(34-33-26)18-22-17-35-16-21(8-9-28(35)32-22)14-30-13-20-5-4-6-20/h8-9,11-12,15-17,19-20,29-30H,2-7,10,13-14,18H2,1H3. The van der Waals surface area contributed by atoms with Crippen LogP contribution in [0.5, 0.6) is 0 Å². The number of benzene rings is 1. The second-order valence-corrected chi connectivity index (χ2v) is 11.7. The van der Waals surface area contributed by atoms with Crippen LogP contribution >= 0.6 is 11.8 Å². The van der Waals surface area contributed by atoms with Gasteiger partial charge in [0.1, 0.15) is 11.3 Å². The second-order valence-electron chi connectivity index (χ2n) is 10.8. The molecule has 2 fully saturated rings. The SMILES string of the molecule is CSc1cc(-c2cn(Cc3cn4cc(CNCC5CCC5)ccc4n3)nn2)c2cnn(C3CCCCO3)c2c1. The van der Waals surface area contributed by atoms with Gasteiger partial charge in [-0.1, -0.05) is 17.7 Å². The van der Waals surface area contributed by atoms with E-state index in [0.717, 1.165) is 78.4 Å². The molecule has 2 aliphatic rings. The molecule has 7 rings (SSSR count). The average molecular weight is 543 g/mol. The monoisotopic (exact) mass is 542 g/mol. The molecule has 1 saturated heterocycles. The van der Waals surface area contributed by atoms with Crippen molar-refractivity contribution < 1.29 is 4.74 Å². The smallest absolute Gasteiger partial charge is 0.150 e. The molecule has 0 amide bonds. The minimum atomic E-state index is -0.00835. The van der Waals surface area contributed by atoms with E-state index in [1.165, 1.54) is 29.7 Å². The largest absolute Gasteiger partial charge is 0.356 e. The van der Waals surface area contributed by atoms with E-state index in [9.17, 15) is 0 Å². The summed E-state index contributed by atoms with van der Waals surface area (Å²) in [5.74, 6) is 0.863. The van der Waals surface area contributed by atoms with Crippen LogP contribution in [0.1, 0.15) is 56.0 Å². The van der Waals surface area contributed by atoms with Gasteiger partial charge in [-0.25, -0.2) is 14.3 Å². The van der Waals surface area contributed by atoms with E-state index in [2.05, 4.69) is 62.9 Å². The van der Waals surface area contributed by atoms with Crippen molar-refractivity contribution in [3.8, 4) is 11.3 Å². The summed E-state index contributed by atoms with van der Waals surface area (Å²) in [6, 6.07) is 8.64. The van der Waals surface area contributed by atoms with Crippen LogP contribution in [0.15, 0.2) is 53.9 Å². The zero-order valence-corrected chi connectivity index (χ0v) is 23.1. The van der Waals surface area contributed by atoms with E-state index < -0.39 is 0 Å². The molecule has 1 atom stereocenters. The molecule has 4 aromatic heterocycles. The van der Waals surface area contributed by atoms with Crippen molar-refractivity contribution in [1.82, 2.24) is 39.5 Å². The Morgan fingerprint density at radius 2 is 2.03 bits per heavy atom. The molecule has 9 nitrogen and oxygen atoms in total. The normalized spacial score (nSPS) is 18.2. The number of pyridine rings is 1. The third kappa shape index (κ3) is 5.08. The zero-order chi connectivity index (χ0) is 26.2. The van der Waals surface area contributed by atoms with E-state index in [0.29, 0.717) is 6.54 Å². The molecule has 202 valence electrons. The molecule has 1 aromatic carbocycles. The van der Waals surface area contributed by atoms with Crippen molar-refractivity contribution in [3.05, 3.63) is 60.3 Å². The Labute approximate surface area is 231 Å². The number of hydrogen-bond donors (Lipinski definition) is 1. The van der Waals surface area contributed by atoms with E-state index in [4.69, 9.17) is 14.8 Å². The van der Waals surface area contributed by atoms with Gasteiger partial charge in [0.15, 0.2) is 6.23 Å². The van der Waals surface area contributed by atoms with Crippen LogP contribution in [0.25, 0.3) is 27.8 Å². The molecule has 1 N–H and O–H groups in total. The summed E-state index contributed by atoms with van der Waals surface area (Å²) < 4.78 is 12.1. The van der Waals surface area contributed by atoms with Crippen LogP contribution in [0, 0.1) is 5.92 Å². The van der Waals surface area contributed by atoms with Gasteiger partial charge in [-0.15, -0.1) is 16.9 Å². The lowest BCUT2D eigenvalue weighted by Crippen LogP contribution is -2.26. The van der Waals surface area contributed by atoms with Crippen LogP contribution < -0.4 is 5.32 Å². The van der Waals surface area contributed by atoms with Gasteiger partial charge in [-0.3, -0.25) is 0 Å². The lowest BCUT2D eigenvalue weighted by atomic mass is 9.85. The first-order valence-electron chi connectivity index (χ1n) is 14.0. The highest BCUT2D eigenvalue weighted by Gasteiger charge is 2.21. The van der Waals surface area contributed by atoms with Crippen molar-refractivity contribution in [2.24, 2.45) is 5.92 Å². The number of imidazole rings is 1. The Morgan fingerprint density at radius 3 is 2.85 bits per heavy atom. The molecule has 5 heterocycles. The van der Waals surface area contributed by atoms with Gasteiger partial charge in [-0.2, -0.15) is 5.10 Å². The third-order valence-corrected chi connectivity index (χ3v) is 8.75. The third-order valence-electron chi connectivity index (χ3n) is 8.04. The number of hydrogen-bond acceptors (Lipinski definition) is 7. The summed E-state index contributed by atoms with van der Waals surface area (Å²) in [5.41, 5.74) is 6.13. The summed E-state index contributed by atoms with van der Waals surface area (Å²) in [5, 5.41) is 18.4. The highest BCUT2D eigenvalue weighted by atomic mass is 32.2. The number of thioether (sulfide) groups is 1. The Bertz CT molecular complexity index is 1590. The first-order valence-corrected chi connectivity index (χ1v) is 15.2. The molecule has 10 heteroatoms.